The molecule has 3 aromatic rings. The Bertz CT molecular complexity index is 1290. The molecule has 5 heterocycles. The van der Waals surface area contributed by atoms with E-state index in [1.54, 1.807) is 18.6 Å². The summed E-state index contributed by atoms with van der Waals surface area (Å²) >= 11 is 0. The number of nitrogens with zero attached hydrogens (tertiary/aromatic N) is 4. The summed E-state index contributed by atoms with van der Waals surface area (Å²) < 4.78 is 7.08. The Labute approximate surface area is 197 Å². The summed E-state index contributed by atoms with van der Waals surface area (Å²) in [7, 11) is 0. The first kappa shape index (κ1) is 21.3. The van der Waals surface area contributed by atoms with E-state index in [1.807, 2.05) is 40.6 Å². The van der Waals surface area contributed by atoms with Crippen molar-refractivity contribution in [2.24, 2.45) is 5.41 Å². The Morgan fingerprint density at radius 3 is 2.76 bits per heavy atom. The Balaban J connectivity index is 1.11. The molecule has 8 nitrogen and oxygen atoms in total. The number of amides is 1. The Kier molecular flexibility index (Phi) is 4.97. The first-order valence-corrected chi connectivity index (χ1v) is 11.9. The third kappa shape index (κ3) is 3.32. The van der Waals surface area contributed by atoms with Crippen LogP contribution in [-0.4, -0.2) is 57.4 Å². The number of β-amino-alcohol motifs (C(OH)–C–C–N with tert-alkyl or cyclic N) is 1. The molecule has 2 saturated heterocycles. The summed E-state index contributed by atoms with van der Waals surface area (Å²) in [6, 6.07) is 7.60. The van der Waals surface area contributed by atoms with Crippen molar-refractivity contribution < 1.29 is 19.4 Å². The van der Waals surface area contributed by atoms with Crippen LogP contribution in [0.15, 0.2) is 43.0 Å². The minimum absolute atomic E-state index is 0.218. The maximum Gasteiger partial charge on any atom is 0.338 e. The number of carbonyl (C=O) groups excluding carboxylic acids is 2. The van der Waals surface area contributed by atoms with Crippen molar-refractivity contribution in [3.63, 3.8) is 0 Å². The highest BCUT2D eigenvalue weighted by Crippen LogP contribution is 2.43. The molecule has 3 aliphatic rings. The molecule has 0 unspecified atom stereocenters. The molecule has 6 rings (SSSR count). The predicted octanol–water partition coefficient (Wildman–Crippen LogP) is 2.87. The number of hydrogen-bond donors (Lipinski definition) is 1. The number of hydrogen-bond acceptors (Lipinski definition) is 6. The second-order valence-electron chi connectivity index (χ2n) is 9.80. The Morgan fingerprint density at radius 2 is 1.94 bits per heavy atom. The zero-order chi connectivity index (χ0) is 23.4. The van der Waals surface area contributed by atoms with Gasteiger partial charge in [0, 0.05) is 30.5 Å². The van der Waals surface area contributed by atoms with Crippen LogP contribution < -0.4 is 4.90 Å². The van der Waals surface area contributed by atoms with Gasteiger partial charge in [0.2, 0.25) is 5.91 Å². The largest absolute Gasteiger partial charge is 0.457 e. The third-order valence-corrected chi connectivity index (χ3v) is 8.03. The van der Waals surface area contributed by atoms with Gasteiger partial charge in [-0.15, -0.1) is 0 Å². The highest BCUT2D eigenvalue weighted by molar-refractivity contribution is 6.00. The van der Waals surface area contributed by atoms with E-state index >= 15 is 0 Å². The lowest BCUT2D eigenvalue weighted by Crippen LogP contribution is -2.45. The van der Waals surface area contributed by atoms with Gasteiger partial charge in [-0.25, -0.2) is 9.78 Å². The number of ether oxygens (including phenoxy) is 1. The summed E-state index contributed by atoms with van der Waals surface area (Å²) in [6.07, 6.45) is 7.33. The molecule has 1 spiro atoms. The van der Waals surface area contributed by atoms with Gasteiger partial charge in [0.05, 0.1) is 35.1 Å². The zero-order valence-corrected chi connectivity index (χ0v) is 19.2. The van der Waals surface area contributed by atoms with Crippen LogP contribution in [0.2, 0.25) is 0 Å². The first-order valence-electron chi connectivity index (χ1n) is 11.9. The summed E-state index contributed by atoms with van der Waals surface area (Å²) in [6.45, 7) is 5.03. The van der Waals surface area contributed by atoms with Crippen LogP contribution in [0, 0.1) is 12.3 Å². The molecule has 1 amide bonds. The molecule has 1 N–H and O–H groups in total. The minimum atomic E-state index is -0.645. The van der Waals surface area contributed by atoms with Crippen molar-refractivity contribution >= 4 is 23.1 Å². The van der Waals surface area contributed by atoms with E-state index in [-0.39, 0.29) is 23.9 Å². The lowest BCUT2D eigenvalue weighted by atomic mass is 9.77. The minimum Gasteiger partial charge on any atom is -0.457 e. The number of fused-ring (bicyclic) bond motifs is 2. The van der Waals surface area contributed by atoms with Crippen LogP contribution in [0.4, 0.5) is 5.69 Å². The maximum atomic E-state index is 13.5. The number of esters is 1. The molecule has 2 aromatic heterocycles. The molecular weight excluding hydrogens is 432 g/mol. The number of benzene rings is 1. The fraction of sp³-hybridized carbons (Fsp3) is 0.423. The summed E-state index contributed by atoms with van der Waals surface area (Å²) in [4.78, 5) is 33.6. The van der Waals surface area contributed by atoms with Gasteiger partial charge in [-0.3, -0.25) is 4.79 Å². The summed E-state index contributed by atoms with van der Waals surface area (Å²) in [5.74, 6) is -0.0726. The molecule has 0 aliphatic carbocycles. The quantitative estimate of drug-likeness (QED) is 0.603. The molecule has 2 fully saturated rings. The second kappa shape index (κ2) is 7.92. The maximum absolute atomic E-state index is 13.5. The van der Waals surface area contributed by atoms with E-state index in [1.165, 1.54) is 0 Å². The Hall–Kier alpha value is -3.23. The van der Waals surface area contributed by atoms with Gasteiger partial charge >= 0.3 is 5.97 Å². The van der Waals surface area contributed by atoms with Crippen molar-refractivity contribution in [1.29, 1.82) is 0 Å². The van der Waals surface area contributed by atoms with Crippen molar-refractivity contribution in [2.75, 3.05) is 31.1 Å². The molecule has 3 aliphatic heterocycles. The lowest BCUT2D eigenvalue weighted by Gasteiger charge is -2.38. The molecule has 0 saturated carbocycles. The van der Waals surface area contributed by atoms with E-state index in [9.17, 15) is 14.7 Å². The molecule has 8 heteroatoms. The van der Waals surface area contributed by atoms with Crippen LogP contribution in [-0.2, 0) is 16.1 Å². The standard InChI is InChI=1S/C26H28N4O4/c1-17-20(2-3-21-22(17)15-34-24(21)32)23(31)14-28-9-5-26(6-10-28)7-11-30(25(26)33)18-4-8-29-16-27-13-19(29)12-18/h2-4,8,12-13,16,23,31H,5-7,9-11,14-15H2,1H3/t23-/m0/s1. The molecule has 1 atom stereocenters. The summed E-state index contributed by atoms with van der Waals surface area (Å²) in [5.41, 5.74) is 4.86. The number of aliphatic hydroxyl groups excluding tert-OH is 1. The monoisotopic (exact) mass is 460 g/mol. The average Bonchev–Trinajstić information content (AvgIpc) is 3.54. The van der Waals surface area contributed by atoms with Gasteiger partial charge in [-0.2, -0.15) is 0 Å². The van der Waals surface area contributed by atoms with Gasteiger partial charge < -0.3 is 24.0 Å². The van der Waals surface area contributed by atoms with E-state index in [2.05, 4.69) is 9.88 Å². The predicted molar refractivity (Wildman–Crippen MR) is 126 cm³/mol. The average molecular weight is 461 g/mol. The van der Waals surface area contributed by atoms with Crippen molar-refractivity contribution in [3.8, 4) is 0 Å². The van der Waals surface area contributed by atoms with E-state index in [0.29, 0.717) is 12.1 Å². The van der Waals surface area contributed by atoms with Crippen molar-refractivity contribution in [1.82, 2.24) is 14.3 Å². The molecule has 176 valence electrons. The zero-order valence-electron chi connectivity index (χ0n) is 19.2. The topological polar surface area (TPSA) is 87.4 Å². The number of aliphatic hydroxyl groups is 1. The lowest BCUT2D eigenvalue weighted by molar-refractivity contribution is -0.128. The van der Waals surface area contributed by atoms with Gasteiger partial charge in [0.25, 0.3) is 0 Å². The van der Waals surface area contributed by atoms with E-state index in [0.717, 1.165) is 66.8 Å². The number of carbonyl (C=O) groups is 2. The van der Waals surface area contributed by atoms with E-state index in [4.69, 9.17) is 4.74 Å². The summed E-state index contributed by atoms with van der Waals surface area (Å²) in [5, 5.41) is 11.0. The number of likely N-dealkylation sites (tertiary alicyclic amines) is 1. The number of piperidine rings is 1. The molecule has 1 aromatic carbocycles. The number of pyridine rings is 1. The van der Waals surface area contributed by atoms with Crippen molar-refractivity contribution in [2.45, 2.75) is 38.9 Å². The number of imidazole rings is 1. The molecule has 0 bridgehead atoms. The van der Waals surface area contributed by atoms with Gasteiger partial charge in [-0.05, 0) is 68.6 Å². The fourth-order valence-corrected chi connectivity index (χ4v) is 5.84. The highest BCUT2D eigenvalue weighted by atomic mass is 16.5. The normalized spacial score (nSPS) is 20.8. The first-order chi connectivity index (χ1) is 16.4. The SMILES string of the molecule is Cc1c([C@@H](O)CN2CCC3(CC2)CCN(c2ccn4cncc4c2)C3=O)ccc2c1COC2=O. The third-order valence-electron chi connectivity index (χ3n) is 8.03. The van der Waals surface area contributed by atoms with Crippen LogP contribution in [0.5, 0.6) is 0 Å². The number of aromatic nitrogens is 2. The molecular formula is C26H28N4O4. The van der Waals surface area contributed by atoms with Gasteiger partial charge in [-0.1, -0.05) is 6.07 Å². The van der Waals surface area contributed by atoms with E-state index < -0.39 is 6.10 Å². The van der Waals surface area contributed by atoms with Gasteiger partial charge in [0.1, 0.15) is 6.61 Å². The number of cyclic esters (lactones) is 1. The van der Waals surface area contributed by atoms with Crippen molar-refractivity contribution in [3.05, 3.63) is 65.2 Å². The van der Waals surface area contributed by atoms with Crippen LogP contribution in [0.1, 0.15) is 52.4 Å². The molecule has 0 radical (unpaired) electrons. The highest BCUT2D eigenvalue weighted by Gasteiger charge is 2.48. The van der Waals surface area contributed by atoms with Crippen LogP contribution in [0.25, 0.3) is 5.52 Å². The van der Waals surface area contributed by atoms with Gasteiger partial charge in [0.15, 0.2) is 0 Å². The second-order valence-corrected chi connectivity index (χ2v) is 9.80. The number of rotatable bonds is 4. The Morgan fingerprint density at radius 1 is 1.15 bits per heavy atom. The van der Waals surface area contributed by atoms with Crippen LogP contribution in [0.3, 0.4) is 0 Å². The molecule has 34 heavy (non-hydrogen) atoms. The number of anilines is 1. The smallest absolute Gasteiger partial charge is 0.338 e. The fourth-order valence-electron chi connectivity index (χ4n) is 5.84. The van der Waals surface area contributed by atoms with Crippen LogP contribution >= 0.6 is 0 Å².